The number of carbonyl (C=O) groups excluding carboxylic acids is 4. The van der Waals surface area contributed by atoms with Gasteiger partial charge < -0.3 is 10.1 Å². The van der Waals surface area contributed by atoms with E-state index in [1.54, 1.807) is 6.07 Å². The SMILES string of the molecule is Cc1ccc(NC(=O)COC(=O)CN2C(=O)[C@H]3[C@H](C2=O)[C@H]2C=C[C@H]3C2)c(C)c1. The van der Waals surface area contributed by atoms with E-state index >= 15 is 0 Å². The van der Waals surface area contributed by atoms with Crippen molar-refractivity contribution >= 4 is 29.4 Å². The van der Waals surface area contributed by atoms with E-state index in [1.807, 2.05) is 38.1 Å². The van der Waals surface area contributed by atoms with Crippen molar-refractivity contribution in [2.75, 3.05) is 18.5 Å². The second-order valence-corrected chi connectivity index (χ2v) is 7.79. The number of carbonyl (C=O) groups is 4. The van der Waals surface area contributed by atoms with E-state index < -0.39 is 25.0 Å². The van der Waals surface area contributed by atoms with Gasteiger partial charge in [-0.1, -0.05) is 29.8 Å². The minimum atomic E-state index is -0.766. The highest BCUT2D eigenvalue weighted by Gasteiger charge is 2.59. The summed E-state index contributed by atoms with van der Waals surface area (Å²) in [7, 11) is 0. The summed E-state index contributed by atoms with van der Waals surface area (Å²) in [4.78, 5) is 50.2. The molecule has 0 spiro atoms. The number of anilines is 1. The van der Waals surface area contributed by atoms with E-state index in [0.29, 0.717) is 5.69 Å². The van der Waals surface area contributed by atoms with Crippen molar-refractivity contribution in [1.29, 1.82) is 0 Å². The normalized spacial score (nSPS) is 27.3. The maximum Gasteiger partial charge on any atom is 0.326 e. The zero-order valence-corrected chi connectivity index (χ0v) is 15.8. The molecule has 2 bridgehead atoms. The Morgan fingerprint density at radius 3 is 2.36 bits per heavy atom. The highest BCUT2D eigenvalue weighted by Crippen LogP contribution is 2.52. The van der Waals surface area contributed by atoms with E-state index in [-0.39, 0.29) is 35.5 Å². The number of imide groups is 1. The molecule has 0 aromatic heterocycles. The molecule has 0 unspecified atom stereocenters. The third kappa shape index (κ3) is 3.10. The average molecular weight is 382 g/mol. The van der Waals surface area contributed by atoms with Gasteiger partial charge in [0.1, 0.15) is 6.54 Å². The van der Waals surface area contributed by atoms with Crippen molar-refractivity contribution in [3.8, 4) is 0 Å². The lowest BCUT2D eigenvalue weighted by molar-refractivity contribution is -0.154. The molecule has 0 radical (unpaired) electrons. The Kier molecular flexibility index (Phi) is 4.53. The Morgan fingerprint density at radius 2 is 1.75 bits per heavy atom. The molecule has 1 aromatic carbocycles. The first-order chi connectivity index (χ1) is 13.3. The predicted octanol–water partition coefficient (Wildman–Crippen LogP) is 1.59. The van der Waals surface area contributed by atoms with Gasteiger partial charge in [0.05, 0.1) is 11.8 Å². The number of likely N-dealkylation sites (tertiary alicyclic amines) is 1. The number of esters is 1. The summed E-state index contributed by atoms with van der Waals surface area (Å²) in [5.74, 6) is -2.35. The quantitative estimate of drug-likeness (QED) is 0.474. The third-order valence-corrected chi connectivity index (χ3v) is 5.87. The van der Waals surface area contributed by atoms with Crippen LogP contribution in [0.1, 0.15) is 17.5 Å². The van der Waals surface area contributed by atoms with E-state index in [9.17, 15) is 19.2 Å². The number of benzene rings is 1. The van der Waals surface area contributed by atoms with Crippen molar-refractivity contribution in [3.05, 3.63) is 41.5 Å². The molecule has 146 valence electrons. The van der Waals surface area contributed by atoms with Crippen LogP contribution in [0.4, 0.5) is 5.69 Å². The summed E-state index contributed by atoms with van der Waals surface area (Å²) in [5.41, 5.74) is 2.63. The van der Waals surface area contributed by atoms with Crippen LogP contribution in [0.3, 0.4) is 0 Å². The zero-order valence-electron chi connectivity index (χ0n) is 15.8. The van der Waals surface area contributed by atoms with Crippen LogP contribution < -0.4 is 5.32 Å². The monoisotopic (exact) mass is 382 g/mol. The Bertz CT molecular complexity index is 876. The van der Waals surface area contributed by atoms with Gasteiger partial charge in [0, 0.05) is 5.69 Å². The van der Waals surface area contributed by atoms with Gasteiger partial charge in [-0.25, -0.2) is 0 Å². The summed E-state index contributed by atoms with van der Waals surface area (Å²) < 4.78 is 4.98. The second-order valence-electron chi connectivity index (χ2n) is 7.79. The smallest absolute Gasteiger partial charge is 0.326 e. The maximum absolute atomic E-state index is 12.6. The van der Waals surface area contributed by atoms with Crippen LogP contribution in [0, 0.1) is 37.5 Å². The molecule has 3 amide bonds. The van der Waals surface area contributed by atoms with Crippen molar-refractivity contribution in [1.82, 2.24) is 4.90 Å². The number of hydrogen-bond donors (Lipinski definition) is 1. The molecular weight excluding hydrogens is 360 g/mol. The molecular formula is C21H22N2O5. The van der Waals surface area contributed by atoms with Crippen LogP contribution in [0.5, 0.6) is 0 Å². The number of allylic oxidation sites excluding steroid dienone is 2. The number of fused-ring (bicyclic) bond motifs is 5. The van der Waals surface area contributed by atoms with Crippen LogP contribution in [-0.4, -0.2) is 41.7 Å². The topological polar surface area (TPSA) is 92.8 Å². The second kappa shape index (κ2) is 6.89. The first kappa shape index (κ1) is 18.4. The number of rotatable bonds is 5. The number of nitrogens with zero attached hydrogens (tertiary/aromatic N) is 1. The lowest BCUT2D eigenvalue weighted by Crippen LogP contribution is -2.38. The van der Waals surface area contributed by atoms with Crippen molar-refractivity contribution in [3.63, 3.8) is 0 Å². The molecule has 2 fully saturated rings. The number of nitrogens with one attached hydrogen (secondary N) is 1. The maximum atomic E-state index is 12.6. The van der Waals surface area contributed by atoms with E-state index in [1.165, 1.54) is 0 Å². The Labute approximate surface area is 162 Å². The standard InChI is InChI=1S/C21H22N2O5/c1-11-3-6-15(12(2)7-11)22-16(24)10-28-17(25)9-23-20(26)18-13-4-5-14(8-13)19(18)21(23)27/h3-7,13-14,18-19H,8-10H2,1-2H3,(H,22,24)/t13-,14-,18+,19+/m0/s1. The minimum absolute atomic E-state index is 0.0935. The minimum Gasteiger partial charge on any atom is -0.454 e. The molecule has 7 nitrogen and oxygen atoms in total. The lowest BCUT2D eigenvalue weighted by Gasteiger charge is -2.16. The number of aryl methyl sites for hydroxylation is 2. The van der Waals surface area contributed by atoms with Crippen molar-refractivity contribution in [2.45, 2.75) is 20.3 Å². The summed E-state index contributed by atoms with van der Waals surface area (Å²) in [6.45, 7) is 2.91. The first-order valence-corrected chi connectivity index (χ1v) is 9.41. The van der Waals surface area contributed by atoms with Crippen LogP contribution in [-0.2, 0) is 23.9 Å². The molecule has 1 N–H and O–H groups in total. The van der Waals surface area contributed by atoms with Gasteiger partial charge in [0.2, 0.25) is 11.8 Å². The summed E-state index contributed by atoms with van der Waals surface area (Å²) in [6, 6.07) is 5.59. The molecule has 28 heavy (non-hydrogen) atoms. The Balaban J connectivity index is 1.30. The van der Waals surface area contributed by atoms with E-state index in [2.05, 4.69) is 5.32 Å². The number of ether oxygens (including phenoxy) is 1. The van der Waals surface area contributed by atoms with Gasteiger partial charge in [-0.3, -0.25) is 24.1 Å². The third-order valence-electron chi connectivity index (χ3n) is 5.87. The van der Waals surface area contributed by atoms with Crippen LogP contribution in [0.25, 0.3) is 0 Å². The highest BCUT2D eigenvalue weighted by molar-refractivity contribution is 6.08. The van der Waals surface area contributed by atoms with Crippen molar-refractivity contribution in [2.24, 2.45) is 23.7 Å². The molecule has 4 atom stereocenters. The molecule has 1 heterocycles. The Hall–Kier alpha value is -2.96. The summed E-state index contributed by atoms with van der Waals surface area (Å²) >= 11 is 0. The van der Waals surface area contributed by atoms with Gasteiger partial charge in [0.15, 0.2) is 6.61 Å². The molecule has 1 aromatic rings. The van der Waals surface area contributed by atoms with Gasteiger partial charge in [-0.15, -0.1) is 0 Å². The van der Waals surface area contributed by atoms with Crippen LogP contribution in [0.15, 0.2) is 30.4 Å². The fourth-order valence-corrected chi connectivity index (χ4v) is 4.58. The fraction of sp³-hybridized carbons (Fsp3) is 0.429. The van der Waals surface area contributed by atoms with Crippen LogP contribution in [0.2, 0.25) is 0 Å². The Morgan fingerprint density at radius 1 is 1.11 bits per heavy atom. The highest BCUT2D eigenvalue weighted by atomic mass is 16.5. The lowest BCUT2D eigenvalue weighted by atomic mass is 9.85. The molecule has 1 saturated carbocycles. The summed E-state index contributed by atoms with van der Waals surface area (Å²) in [5, 5.41) is 2.68. The predicted molar refractivity (Wildman–Crippen MR) is 99.9 cm³/mol. The molecule has 4 rings (SSSR count). The zero-order chi connectivity index (χ0) is 20.0. The molecule has 1 aliphatic heterocycles. The fourth-order valence-electron chi connectivity index (χ4n) is 4.58. The summed E-state index contributed by atoms with van der Waals surface area (Å²) in [6.07, 6.45) is 4.83. The molecule has 2 aliphatic carbocycles. The van der Waals surface area contributed by atoms with Crippen molar-refractivity contribution < 1.29 is 23.9 Å². The number of amides is 3. The molecule has 1 saturated heterocycles. The largest absolute Gasteiger partial charge is 0.454 e. The van der Waals surface area contributed by atoms with E-state index in [0.717, 1.165) is 22.4 Å². The van der Waals surface area contributed by atoms with Gasteiger partial charge in [-0.05, 0) is 43.7 Å². The number of hydrogen-bond acceptors (Lipinski definition) is 5. The van der Waals surface area contributed by atoms with Gasteiger partial charge in [-0.2, -0.15) is 0 Å². The van der Waals surface area contributed by atoms with Gasteiger partial charge in [0.25, 0.3) is 5.91 Å². The molecule has 3 aliphatic rings. The first-order valence-electron chi connectivity index (χ1n) is 9.41. The van der Waals surface area contributed by atoms with Gasteiger partial charge >= 0.3 is 5.97 Å². The van der Waals surface area contributed by atoms with Crippen LogP contribution >= 0.6 is 0 Å². The molecule has 7 heteroatoms. The van der Waals surface area contributed by atoms with E-state index in [4.69, 9.17) is 4.74 Å². The average Bonchev–Trinajstić information content (AvgIpc) is 3.32.